The molecule has 24 heavy (non-hydrogen) atoms. The van der Waals surface area contributed by atoms with Crippen molar-refractivity contribution < 1.29 is 0 Å². The molecular formula is C16H22Cl2N6. The van der Waals surface area contributed by atoms with E-state index in [1.54, 1.807) is 0 Å². The molecule has 2 aromatic rings. The van der Waals surface area contributed by atoms with Gasteiger partial charge in [-0.3, -0.25) is 4.98 Å². The van der Waals surface area contributed by atoms with E-state index in [2.05, 4.69) is 43.6 Å². The van der Waals surface area contributed by atoms with Crippen LogP contribution in [0.1, 0.15) is 22.5 Å². The fraction of sp³-hybridized carbons (Fsp3) is 0.438. The summed E-state index contributed by atoms with van der Waals surface area (Å²) in [5.41, 5.74) is 5.79. The van der Waals surface area contributed by atoms with Crippen molar-refractivity contribution in [3.63, 3.8) is 0 Å². The van der Waals surface area contributed by atoms with Crippen molar-refractivity contribution in [1.82, 2.24) is 25.2 Å². The Kier molecular flexibility index (Phi) is 6.34. The highest BCUT2D eigenvalue weighted by molar-refractivity contribution is 5.85. The van der Waals surface area contributed by atoms with Gasteiger partial charge in [-0.25, -0.2) is 9.97 Å². The number of hydrogen-bond acceptors (Lipinski definition) is 6. The lowest BCUT2D eigenvalue weighted by Crippen LogP contribution is -2.27. The summed E-state index contributed by atoms with van der Waals surface area (Å²) in [7, 11) is 2.14. The molecule has 0 saturated heterocycles. The number of halogens is 2. The first kappa shape index (κ1) is 18.9. The second-order valence-corrected chi connectivity index (χ2v) is 6.03. The molecule has 8 heteroatoms. The van der Waals surface area contributed by atoms with Crippen molar-refractivity contribution in [1.29, 1.82) is 0 Å². The number of pyridine rings is 1. The molecule has 4 heterocycles. The summed E-state index contributed by atoms with van der Waals surface area (Å²) in [6.07, 6.45) is 5.84. The number of likely N-dealkylation sites (N-methyl/N-ethyl adjacent to an activating group) is 1. The van der Waals surface area contributed by atoms with E-state index in [0.717, 1.165) is 50.4 Å². The summed E-state index contributed by atoms with van der Waals surface area (Å²) in [4.78, 5) is 15.9. The Labute approximate surface area is 154 Å². The Morgan fingerprint density at radius 3 is 2.83 bits per heavy atom. The summed E-state index contributed by atoms with van der Waals surface area (Å²) < 4.78 is 0. The summed E-state index contributed by atoms with van der Waals surface area (Å²) >= 11 is 0. The lowest BCUT2D eigenvalue weighted by Gasteiger charge is -2.24. The zero-order valence-corrected chi connectivity index (χ0v) is 15.2. The molecule has 0 fully saturated rings. The summed E-state index contributed by atoms with van der Waals surface area (Å²) in [6, 6.07) is 2.17. The largest absolute Gasteiger partial charge is 0.323 e. The van der Waals surface area contributed by atoms with Gasteiger partial charge in [0.2, 0.25) is 5.95 Å². The number of rotatable bonds is 2. The van der Waals surface area contributed by atoms with E-state index in [0.29, 0.717) is 5.95 Å². The van der Waals surface area contributed by atoms with Crippen molar-refractivity contribution in [2.45, 2.75) is 25.9 Å². The topological polar surface area (TPSA) is 66.0 Å². The number of fused-ring (bicyclic) bond motifs is 2. The van der Waals surface area contributed by atoms with Gasteiger partial charge in [-0.05, 0) is 37.2 Å². The number of hydrogen-bond donors (Lipinski definition) is 2. The molecule has 0 atom stereocenters. The molecule has 0 bridgehead atoms. The molecule has 2 N–H and O–H groups in total. The molecule has 0 radical (unpaired) electrons. The van der Waals surface area contributed by atoms with Crippen LogP contribution in [0.5, 0.6) is 0 Å². The average Bonchev–Trinajstić information content (AvgIpc) is 2.54. The Balaban J connectivity index is 0.00000104. The van der Waals surface area contributed by atoms with E-state index in [4.69, 9.17) is 0 Å². The average molecular weight is 369 g/mol. The Hall–Kier alpha value is -1.47. The second kappa shape index (κ2) is 8.07. The van der Waals surface area contributed by atoms with Gasteiger partial charge in [0.1, 0.15) is 0 Å². The van der Waals surface area contributed by atoms with E-state index < -0.39 is 0 Å². The quantitative estimate of drug-likeness (QED) is 0.845. The number of nitrogens with one attached hydrogen (secondary N) is 2. The number of nitrogens with zero attached hydrogens (tertiary/aromatic N) is 4. The van der Waals surface area contributed by atoms with E-state index in [-0.39, 0.29) is 24.8 Å². The fourth-order valence-corrected chi connectivity index (χ4v) is 3.06. The van der Waals surface area contributed by atoms with Gasteiger partial charge in [-0.1, -0.05) is 0 Å². The van der Waals surface area contributed by atoms with Gasteiger partial charge < -0.3 is 15.5 Å². The summed E-state index contributed by atoms with van der Waals surface area (Å²) in [5, 5.41) is 6.63. The predicted octanol–water partition coefficient (Wildman–Crippen LogP) is 2.09. The fourth-order valence-electron chi connectivity index (χ4n) is 3.06. The molecule has 0 unspecified atom stereocenters. The van der Waals surface area contributed by atoms with Crippen molar-refractivity contribution >= 4 is 36.4 Å². The number of anilines is 2. The standard InChI is InChI=1S/C16H20N6.2ClH/c1-22-5-3-14-12(10-22)6-13(8-18-14)20-16-19-7-11-2-4-17-9-15(11)21-16;;/h6-8,17H,2-5,9-10H2,1H3,(H,19,20,21);2*1H. The third-order valence-electron chi connectivity index (χ3n) is 4.30. The minimum Gasteiger partial charge on any atom is -0.323 e. The lowest BCUT2D eigenvalue weighted by atomic mass is 10.1. The van der Waals surface area contributed by atoms with Gasteiger partial charge in [0.05, 0.1) is 17.6 Å². The highest BCUT2D eigenvalue weighted by atomic mass is 35.5. The number of aromatic nitrogens is 3. The molecule has 6 nitrogen and oxygen atoms in total. The van der Waals surface area contributed by atoms with Crippen LogP contribution in [0.15, 0.2) is 18.5 Å². The molecule has 0 aliphatic carbocycles. The minimum atomic E-state index is 0. The Morgan fingerprint density at radius 2 is 1.96 bits per heavy atom. The van der Waals surface area contributed by atoms with Crippen molar-refractivity contribution in [3.8, 4) is 0 Å². The highest BCUT2D eigenvalue weighted by Crippen LogP contribution is 2.21. The maximum absolute atomic E-state index is 4.61. The van der Waals surface area contributed by atoms with E-state index in [1.807, 2.05) is 12.4 Å². The maximum atomic E-state index is 4.61. The van der Waals surface area contributed by atoms with E-state index in [1.165, 1.54) is 16.8 Å². The summed E-state index contributed by atoms with van der Waals surface area (Å²) in [5.74, 6) is 0.647. The Morgan fingerprint density at radius 1 is 1.08 bits per heavy atom. The molecule has 2 aromatic heterocycles. The third-order valence-corrected chi connectivity index (χ3v) is 4.30. The van der Waals surface area contributed by atoms with Gasteiger partial charge in [-0.15, -0.1) is 24.8 Å². The van der Waals surface area contributed by atoms with Crippen LogP contribution in [-0.4, -0.2) is 40.0 Å². The molecule has 0 aromatic carbocycles. The molecule has 2 aliphatic heterocycles. The Bertz CT molecular complexity index is 709. The van der Waals surface area contributed by atoms with Crippen LogP contribution in [-0.2, 0) is 25.9 Å². The maximum Gasteiger partial charge on any atom is 0.227 e. The third kappa shape index (κ3) is 3.95. The second-order valence-electron chi connectivity index (χ2n) is 6.03. The van der Waals surface area contributed by atoms with E-state index in [9.17, 15) is 0 Å². The van der Waals surface area contributed by atoms with Crippen LogP contribution in [0.4, 0.5) is 11.6 Å². The molecule has 2 aliphatic rings. The first-order valence-electron chi connectivity index (χ1n) is 7.77. The SMILES string of the molecule is CN1CCc2ncc(Nc3ncc4c(n3)CNCC4)cc2C1.Cl.Cl. The molecule has 0 spiro atoms. The predicted molar refractivity (Wildman–Crippen MR) is 99.5 cm³/mol. The molecule has 130 valence electrons. The van der Waals surface area contributed by atoms with Crippen LogP contribution in [0.25, 0.3) is 0 Å². The zero-order valence-electron chi connectivity index (χ0n) is 13.6. The van der Waals surface area contributed by atoms with Crippen molar-refractivity contribution in [3.05, 3.63) is 41.0 Å². The molecule has 4 rings (SSSR count). The van der Waals surface area contributed by atoms with Crippen LogP contribution >= 0.6 is 24.8 Å². The first-order chi connectivity index (χ1) is 10.8. The molecular weight excluding hydrogens is 347 g/mol. The van der Waals surface area contributed by atoms with Crippen LogP contribution in [0.2, 0.25) is 0 Å². The van der Waals surface area contributed by atoms with Crippen molar-refractivity contribution in [2.75, 3.05) is 25.5 Å². The highest BCUT2D eigenvalue weighted by Gasteiger charge is 2.15. The summed E-state index contributed by atoms with van der Waals surface area (Å²) in [6.45, 7) is 3.85. The molecule has 0 amide bonds. The van der Waals surface area contributed by atoms with E-state index >= 15 is 0 Å². The van der Waals surface area contributed by atoms with Crippen molar-refractivity contribution in [2.24, 2.45) is 0 Å². The van der Waals surface area contributed by atoms with Gasteiger partial charge in [0, 0.05) is 37.9 Å². The monoisotopic (exact) mass is 368 g/mol. The van der Waals surface area contributed by atoms with Crippen LogP contribution in [0.3, 0.4) is 0 Å². The van der Waals surface area contributed by atoms with Gasteiger partial charge in [0.15, 0.2) is 0 Å². The van der Waals surface area contributed by atoms with Gasteiger partial charge >= 0.3 is 0 Å². The smallest absolute Gasteiger partial charge is 0.227 e. The minimum absolute atomic E-state index is 0. The zero-order chi connectivity index (χ0) is 14.9. The normalized spacial score (nSPS) is 16.2. The lowest BCUT2D eigenvalue weighted by molar-refractivity contribution is 0.310. The first-order valence-corrected chi connectivity index (χ1v) is 7.77. The van der Waals surface area contributed by atoms with Gasteiger partial charge in [0.25, 0.3) is 0 Å². The van der Waals surface area contributed by atoms with Crippen LogP contribution < -0.4 is 10.6 Å². The van der Waals surface area contributed by atoms with Crippen LogP contribution in [0, 0.1) is 0 Å². The molecule has 0 saturated carbocycles. The van der Waals surface area contributed by atoms with Gasteiger partial charge in [-0.2, -0.15) is 0 Å².